The zero-order valence-corrected chi connectivity index (χ0v) is 19.4. The van der Waals surface area contributed by atoms with Crippen molar-refractivity contribution in [3.05, 3.63) is 86.8 Å². The van der Waals surface area contributed by atoms with Gasteiger partial charge in [-0.05, 0) is 36.8 Å². The van der Waals surface area contributed by atoms with Crippen molar-refractivity contribution in [2.75, 3.05) is 5.32 Å². The number of nitrogens with zero attached hydrogens (tertiary/aromatic N) is 6. The van der Waals surface area contributed by atoms with E-state index in [1.807, 2.05) is 0 Å². The number of nitrogens with one attached hydrogen (secondary N) is 1. The highest BCUT2D eigenvalue weighted by molar-refractivity contribution is 6.42. The summed E-state index contributed by atoms with van der Waals surface area (Å²) in [5, 5.41) is 11.9. The topological polar surface area (TPSA) is 73.5 Å². The second-order valence-electron chi connectivity index (χ2n) is 7.41. The molecule has 4 aromatic rings. The number of fused-ring (bicyclic) bond motifs is 1. The van der Waals surface area contributed by atoms with Crippen molar-refractivity contribution < 1.29 is 13.2 Å². The first-order valence-corrected chi connectivity index (χ1v) is 10.9. The third-order valence-electron chi connectivity index (χ3n) is 5.23. The van der Waals surface area contributed by atoms with Crippen LogP contribution in [0.3, 0.4) is 0 Å². The monoisotopic (exact) mass is 525 g/mol. The van der Waals surface area contributed by atoms with Crippen molar-refractivity contribution in [1.29, 1.82) is 0 Å². The van der Waals surface area contributed by atoms with Crippen LogP contribution < -0.4 is 5.32 Å². The summed E-state index contributed by atoms with van der Waals surface area (Å²) in [6.45, 7) is 1.73. The van der Waals surface area contributed by atoms with E-state index in [2.05, 4.69) is 25.5 Å². The van der Waals surface area contributed by atoms with Crippen molar-refractivity contribution in [2.45, 2.75) is 19.1 Å². The van der Waals surface area contributed by atoms with Gasteiger partial charge in [0, 0.05) is 17.3 Å². The van der Waals surface area contributed by atoms with E-state index in [0.717, 1.165) is 6.07 Å². The predicted octanol–water partition coefficient (Wildman–Crippen LogP) is 6.28. The first kappa shape index (κ1) is 22.7. The molecular weight excluding hydrogens is 514 g/mol. The number of hydrogen-bond acceptors (Lipinski definition) is 5. The van der Waals surface area contributed by atoms with E-state index in [4.69, 9.17) is 34.8 Å². The molecule has 5 rings (SSSR count). The molecule has 7 nitrogen and oxygen atoms in total. The molecule has 3 aromatic heterocycles. The lowest BCUT2D eigenvalue weighted by atomic mass is 9.95. The molecule has 0 bridgehead atoms. The SMILES string of the molecule is CC1=C(c2ncnn2-c2cccc(Cl)n2)[C@@H](c2ccc(Cl)c(Cl)c2)n2nc(C(F)(F)F)cc2N1. The number of alkyl halides is 3. The van der Waals surface area contributed by atoms with E-state index < -0.39 is 17.9 Å². The van der Waals surface area contributed by atoms with Gasteiger partial charge < -0.3 is 5.32 Å². The Bertz CT molecular complexity index is 1440. The first-order chi connectivity index (χ1) is 16.1. The van der Waals surface area contributed by atoms with Gasteiger partial charge in [0.15, 0.2) is 17.3 Å². The summed E-state index contributed by atoms with van der Waals surface area (Å²) in [7, 11) is 0. The third-order valence-corrected chi connectivity index (χ3v) is 6.18. The van der Waals surface area contributed by atoms with Crippen molar-refractivity contribution in [1.82, 2.24) is 29.5 Å². The zero-order valence-electron chi connectivity index (χ0n) is 17.1. The zero-order chi connectivity index (χ0) is 24.2. The lowest BCUT2D eigenvalue weighted by Gasteiger charge is -2.30. The van der Waals surface area contributed by atoms with E-state index in [-0.39, 0.29) is 16.0 Å². The largest absolute Gasteiger partial charge is 0.435 e. The molecule has 0 fully saturated rings. The fourth-order valence-electron chi connectivity index (χ4n) is 3.80. The molecule has 1 aromatic carbocycles. The molecule has 0 unspecified atom stereocenters. The lowest BCUT2D eigenvalue weighted by molar-refractivity contribution is -0.141. The molecule has 34 heavy (non-hydrogen) atoms. The average molecular weight is 527 g/mol. The Hall–Kier alpha value is -3.08. The average Bonchev–Trinajstić information content (AvgIpc) is 3.41. The maximum absolute atomic E-state index is 13.5. The van der Waals surface area contributed by atoms with Gasteiger partial charge in [-0.1, -0.05) is 46.9 Å². The van der Waals surface area contributed by atoms with Crippen molar-refractivity contribution in [3.63, 3.8) is 0 Å². The number of pyridine rings is 1. The van der Waals surface area contributed by atoms with Gasteiger partial charge in [0.2, 0.25) is 0 Å². The summed E-state index contributed by atoms with van der Waals surface area (Å²) in [4.78, 5) is 8.66. The second-order valence-corrected chi connectivity index (χ2v) is 8.61. The van der Waals surface area contributed by atoms with E-state index in [9.17, 15) is 13.2 Å². The molecule has 0 saturated heterocycles. The third kappa shape index (κ3) is 3.91. The second kappa shape index (κ2) is 8.30. The molecule has 1 aliphatic heterocycles. The molecule has 1 N–H and O–H groups in total. The summed E-state index contributed by atoms with van der Waals surface area (Å²) in [6.07, 6.45) is -3.31. The molecule has 0 saturated carbocycles. The van der Waals surface area contributed by atoms with Crippen LogP contribution in [0, 0.1) is 0 Å². The van der Waals surface area contributed by atoms with Crippen LogP contribution >= 0.6 is 34.8 Å². The van der Waals surface area contributed by atoms with Gasteiger partial charge in [-0.2, -0.15) is 28.1 Å². The van der Waals surface area contributed by atoms with Gasteiger partial charge in [0.25, 0.3) is 0 Å². The van der Waals surface area contributed by atoms with Crippen LogP contribution in [-0.2, 0) is 6.18 Å². The maximum Gasteiger partial charge on any atom is 0.435 e. The minimum absolute atomic E-state index is 0.164. The normalized spacial score (nSPS) is 15.9. The quantitative estimate of drug-likeness (QED) is 0.318. The summed E-state index contributed by atoms with van der Waals surface area (Å²) in [6, 6.07) is 9.96. The van der Waals surface area contributed by atoms with Gasteiger partial charge >= 0.3 is 6.18 Å². The van der Waals surface area contributed by atoms with Crippen molar-refractivity contribution in [3.8, 4) is 5.82 Å². The molecule has 174 valence electrons. The lowest BCUT2D eigenvalue weighted by Crippen LogP contribution is -2.25. The summed E-state index contributed by atoms with van der Waals surface area (Å²) >= 11 is 18.4. The van der Waals surface area contributed by atoms with Crippen LogP contribution in [0.2, 0.25) is 15.2 Å². The van der Waals surface area contributed by atoms with Gasteiger partial charge in [0.1, 0.15) is 23.3 Å². The number of hydrogen-bond donors (Lipinski definition) is 1. The molecule has 13 heteroatoms. The van der Waals surface area contributed by atoms with Crippen molar-refractivity contribution in [2.24, 2.45) is 0 Å². The smallest absolute Gasteiger partial charge is 0.344 e. The standard InChI is InChI=1S/C21H13Cl3F3N7/c1-10-18(20-28-9-29-34(20)16-4-2-3-15(24)31-16)19(11-5-6-12(22)13(23)7-11)33-17(30-10)8-14(32-33)21(25,26)27/h2-9,19,30H,1H3/t19-/m1/s1. The Morgan fingerprint density at radius 3 is 2.53 bits per heavy atom. The summed E-state index contributed by atoms with van der Waals surface area (Å²) in [5.74, 6) is 0.887. The van der Waals surface area contributed by atoms with Gasteiger partial charge in [-0.25, -0.2) is 14.6 Å². The van der Waals surface area contributed by atoms with E-state index in [0.29, 0.717) is 33.5 Å². The van der Waals surface area contributed by atoms with Crippen LogP contribution in [0.5, 0.6) is 0 Å². The first-order valence-electron chi connectivity index (χ1n) is 9.76. The Labute approximate surface area is 205 Å². The van der Waals surface area contributed by atoms with Gasteiger partial charge in [-0.15, -0.1) is 0 Å². The number of anilines is 1. The maximum atomic E-state index is 13.5. The van der Waals surface area contributed by atoms with Crippen LogP contribution in [0.1, 0.15) is 30.0 Å². The Morgan fingerprint density at radius 1 is 1.03 bits per heavy atom. The molecule has 1 atom stereocenters. The number of rotatable bonds is 3. The van der Waals surface area contributed by atoms with Crippen LogP contribution in [0.15, 0.2) is 54.5 Å². The van der Waals surface area contributed by atoms with E-state index in [1.54, 1.807) is 43.3 Å². The Kier molecular flexibility index (Phi) is 5.54. The van der Waals surface area contributed by atoms with E-state index >= 15 is 0 Å². The van der Waals surface area contributed by atoms with Gasteiger partial charge in [0.05, 0.1) is 10.0 Å². The highest BCUT2D eigenvalue weighted by atomic mass is 35.5. The Morgan fingerprint density at radius 2 is 1.82 bits per heavy atom. The molecule has 4 heterocycles. The number of allylic oxidation sites excluding steroid dienone is 2. The highest BCUT2D eigenvalue weighted by Gasteiger charge is 2.39. The fourth-order valence-corrected chi connectivity index (χ4v) is 4.26. The molecular formula is C21H13Cl3F3N7. The van der Waals surface area contributed by atoms with Crippen LogP contribution in [0.25, 0.3) is 11.4 Å². The van der Waals surface area contributed by atoms with E-state index in [1.165, 1.54) is 15.7 Å². The molecule has 0 radical (unpaired) electrons. The molecule has 1 aliphatic rings. The fraction of sp³-hybridized carbons (Fsp3) is 0.143. The molecule has 0 aliphatic carbocycles. The summed E-state index contributed by atoms with van der Waals surface area (Å²) < 4.78 is 43.2. The molecule has 0 spiro atoms. The predicted molar refractivity (Wildman–Crippen MR) is 122 cm³/mol. The van der Waals surface area contributed by atoms with Crippen LogP contribution in [-0.4, -0.2) is 29.5 Å². The number of benzene rings is 1. The Balaban J connectivity index is 1.74. The van der Waals surface area contributed by atoms with Crippen molar-refractivity contribution >= 4 is 46.2 Å². The molecule has 0 amide bonds. The van der Waals surface area contributed by atoms with Crippen LogP contribution in [0.4, 0.5) is 19.0 Å². The number of halogens is 6. The summed E-state index contributed by atoms with van der Waals surface area (Å²) in [5.41, 5.74) is 0.583. The number of aromatic nitrogens is 6. The van der Waals surface area contributed by atoms with Gasteiger partial charge in [-0.3, -0.25) is 0 Å². The minimum atomic E-state index is -4.63. The minimum Gasteiger partial charge on any atom is -0.344 e. The highest BCUT2D eigenvalue weighted by Crippen LogP contribution is 2.43.